The summed E-state index contributed by atoms with van der Waals surface area (Å²) in [6, 6.07) is 12.7. The van der Waals surface area contributed by atoms with Crippen LogP contribution in [0.5, 0.6) is 0 Å². The fourth-order valence-corrected chi connectivity index (χ4v) is 3.67. The van der Waals surface area contributed by atoms with Gasteiger partial charge in [-0.15, -0.1) is 0 Å². The lowest BCUT2D eigenvalue weighted by molar-refractivity contribution is 0.190. The van der Waals surface area contributed by atoms with Crippen LogP contribution in [-0.4, -0.2) is 42.1 Å². The average Bonchev–Trinajstić information content (AvgIpc) is 3.06. The largest absolute Gasteiger partial charge is 0.368 e. The number of aromatic nitrogens is 1. The maximum absolute atomic E-state index is 12.6. The van der Waals surface area contributed by atoms with Crippen molar-refractivity contribution in [3.05, 3.63) is 59.9 Å². The summed E-state index contributed by atoms with van der Waals surface area (Å²) in [5, 5.41) is 3.22. The van der Waals surface area contributed by atoms with Gasteiger partial charge >= 0.3 is 6.03 Å². The Morgan fingerprint density at radius 3 is 2.58 bits per heavy atom. The van der Waals surface area contributed by atoms with Crippen molar-refractivity contribution < 1.29 is 4.79 Å². The van der Waals surface area contributed by atoms with E-state index in [0.29, 0.717) is 0 Å². The molecule has 1 fully saturated rings. The number of hydrogen-bond acceptors (Lipinski definition) is 3. The second-order valence-electron chi connectivity index (χ2n) is 6.42. The SMILES string of the molecule is O=C(NC1CCc2ccccc21)N1CCN(c2ccncc2)CC1. The zero-order valence-electron chi connectivity index (χ0n) is 13.7. The Morgan fingerprint density at radius 2 is 1.79 bits per heavy atom. The fraction of sp³-hybridized carbons (Fsp3) is 0.368. The molecule has 2 aliphatic rings. The van der Waals surface area contributed by atoms with Crippen LogP contribution in [0.1, 0.15) is 23.6 Å². The number of benzene rings is 1. The number of aryl methyl sites for hydroxylation is 1. The molecule has 2 amide bonds. The summed E-state index contributed by atoms with van der Waals surface area (Å²) in [4.78, 5) is 20.9. The Balaban J connectivity index is 1.34. The molecule has 1 aliphatic heterocycles. The minimum absolute atomic E-state index is 0.0612. The lowest BCUT2D eigenvalue weighted by atomic mass is 10.1. The van der Waals surface area contributed by atoms with Gasteiger partial charge in [0.05, 0.1) is 6.04 Å². The van der Waals surface area contributed by atoms with Gasteiger partial charge in [-0.1, -0.05) is 24.3 Å². The van der Waals surface area contributed by atoms with Crippen molar-refractivity contribution in [1.29, 1.82) is 0 Å². The van der Waals surface area contributed by atoms with Gasteiger partial charge in [-0.25, -0.2) is 4.79 Å². The number of anilines is 1. The predicted octanol–water partition coefficient (Wildman–Crippen LogP) is 2.60. The number of piperazine rings is 1. The number of fused-ring (bicyclic) bond motifs is 1. The highest BCUT2D eigenvalue weighted by Crippen LogP contribution is 2.30. The van der Waals surface area contributed by atoms with Gasteiger partial charge in [-0.05, 0) is 36.1 Å². The van der Waals surface area contributed by atoms with Crippen molar-refractivity contribution in [3.63, 3.8) is 0 Å². The zero-order chi connectivity index (χ0) is 16.4. The smallest absolute Gasteiger partial charge is 0.318 e. The molecule has 124 valence electrons. The van der Waals surface area contributed by atoms with Gasteiger partial charge in [-0.2, -0.15) is 0 Å². The molecular weight excluding hydrogens is 300 g/mol. The topological polar surface area (TPSA) is 48.5 Å². The summed E-state index contributed by atoms with van der Waals surface area (Å²) in [6.07, 6.45) is 5.68. The summed E-state index contributed by atoms with van der Waals surface area (Å²) in [5.41, 5.74) is 3.82. The van der Waals surface area contributed by atoms with E-state index in [9.17, 15) is 4.79 Å². The molecule has 1 saturated heterocycles. The zero-order valence-corrected chi connectivity index (χ0v) is 13.7. The maximum Gasteiger partial charge on any atom is 0.318 e. The number of pyridine rings is 1. The van der Waals surface area contributed by atoms with Crippen LogP contribution in [0.3, 0.4) is 0 Å². The first-order chi connectivity index (χ1) is 11.8. The van der Waals surface area contributed by atoms with E-state index in [1.165, 1.54) is 16.8 Å². The fourth-order valence-electron chi connectivity index (χ4n) is 3.67. The number of nitrogens with zero attached hydrogens (tertiary/aromatic N) is 3. The molecule has 1 unspecified atom stereocenters. The third kappa shape index (κ3) is 2.94. The van der Waals surface area contributed by atoms with E-state index in [1.807, 2.05) is 29.4 Å². The van der Waals surface area contributed by atoms with Gasteiger partial charge in [0.25, 0.3) is 0 Å². The summed E-state index contributed by atoms with van der Waals surface area (Å²) in [7, 11) is 0. The normalized spacial score (nSPS) is 19.9. The van der Waals surface area contributed by atoms with Gasteiger partial charge in [0.1, 0.15) is 0 Å². The van der Waals surface area contributed by atoms with E-state index in [2.05, 4.69) is 39.5 Å². The molecule has 1 aliphatic carbocycles. The van der Waals surface area contributed by atoms with Gasteiger partial charge in [-0.3, -0.25) is 4.98 Å². The number of urea groups is 1. The van der Waals surface area contributed by atoms with Crippen molar-refractivity contribution in [2.75, 3.05) is 31.1 Å². The molecule has 2 aromatic rings. The van der Waals surface area contributed by atoms with Crippen molar-refractivity contribution in [1.82, 2.24) is 15.2 Å². The molecule has 1 atom stereocenters. The second-order valence-corrected chi connectivity index (χ2v) is 6.42. The average molecular weight is 322 g/mol. The van der Waals surface area contributed by atoms with Crippen LogP contribution in [0.25, 0.3) is 0 Å². The Morgan fingerprint density at radius 1 is 1.04 bits per heavy atom. The van der Waals surface area contributed by atoms with E-state index in [4.69, 9.17) is 0 Å². The van der Waals surface area contributed by atoms with Crippen LogP contribution in [0.15, 0.2) is 48.8 Å². The molecule has 0 spiro atoms. The lowest BCUT2D eigenvalue weighted by Gasteiger charge is -2.36. The van der Waals surface area contributed by atoms with Crippen molar-refractivity contribution in [3.8, 4) is 0 Å². The highest BCUT2D eigenvalue weighted by Gasteiger charge is 2.27. The van der Waals surface area contributed by atoms with Gasteiger partial charge in [0.15, 0.2) is 0 Å². The molecule has 1 aromatic carbocycles. The molecule has 0 saturated carbocycles. The van der Waals surface area contributed by atoms with Gasteiger partial charge in [0, 0.05) is 44.3 Å². The van der Waals surface area contributed by atoms with Crippen molar-refractivity contribution in [2.24, 2.45) is 0 Å². The molecule has 1 N–H and O–H groups in total. The van der Waals surface area contributed by atoms with Crippen molar-refractivity contribution >= 4 is 11.7 Å². The van der Waals surface area contributed by atoms with E-state index >= 15 is 0 Å². The number of nitrogens with one attached hydrogen (secondary N) is 1. The molecule has 2 heterocycles. The van der Waals surface area contributed by atoms with Crippen LogP contribution in [-0.2, 0) is 6.42 Å². The van der Waals surface area contributed by atoms with Gasteiger partial charge < -0.3 is 15.1 Å². The Hall–Kier alpha value is -2.56. The van der Waals surface area contributed by atoms with Crippen LogP contribution in [0.4, 0.5) is 10.5 Å². The van der Waals surface area contributed by atoms with E-state index in [-0.39, 0.29) is 12.1 Å². The first kappa shape index (κ1) is 15.0. The van der Waals surface area contributed by atoms with E-state index < -0.39 is 0 Å². The summed E-state index contributed by atoms with van der Waals surface area (Å²) < 4.78 is 0. The van der Waals surface area contributed by atoms with Crippen LogP contribution in [0, 0.1) is 0 Å². The summed E-state index contributed by atoms with van der Waals surface area (Å²) >= 11 is 0. The Bertz CT molecular complexity index is 710. The monoisotopic (exact) mass is 322 g/mol. The molecule has 0 radical (unpaired) electrons. The molecule has 24 heavy (non-hydrogen) atoms. The highest BCUT2D eigenvalue weighted by molar-refractivity contribution is 5.75. The maximum atomic E-state index is 12.6. The quantitative estimate of drug-likeness (QED) is 0.924. The molecule has 5 heteroatoms. The number of carbonyl (C=O) groups excluding carboxylic acids is 1. The third-order valence-electron chi connectivity index (χ3n) is 5.03. The minimum atomic E-state index is 0.0612. The summed E-state index contributed by atoms with van der Waals surface area (Å²) in [6.45, 7) is 3.22. The van der Waals surface area contributed by atoms with E-state index in [0.717, 1.165) is 39.0 Å². The number of rotatable bonds is 2. The Kier molecular flexibility index (Phi) is 4.07. The molecule has 1 aromatic heterocycles. The number of carbonyl (C=O) groups is 1. The first-order valence-corrected chi connectivity index (χ1v) is 8.59. The molecule has 5 nitrogen and oxygen atoms in total. The number of amides is 2. The predicted molar refractivity (Wildman–Crippen MR) is 94.1 cm³/mol. The first-order valence-electron chi connectivity index (χ1n) is 8.59. The van der Waals surface area contributed by atoms with Crippen LogP contribution in [0.2, 0.25) is 0 Å². The highest BCUT2D eigenvalue weighted by atomic mass is 16.2. The van der Waals surface area contributed by atoms with Crippen LogP contribution >= 0.6 is 0 Å². The second kappa shape index (κ2) is 6.51. The van der Waals surface area contributed by atoms with Crippen LogP contribution < -0.4 is 10.2 Å². The standard InChI is InChI=1S/C19H22N4O/c24-19(21-18-6-5-15-3-1-2-4-17(15)18)23-13-11-22(12-14-23)16-7-9-20-10-8-16/h1-4,7-10,18H,5-6,11-14H2,(H,21,24). The van der Waals surface area contributed by atoms with E-state index in [1.54, 1.807) is 0 Å². The molecular formula is C19H22N4O. The lowest BCUT2D eigenvalue weighted by Crippen LogP contribution is -2.52. The van der Waals surface area contributed by atoms with Crippen molar-refractivity contribution in [2.45, 2.75) is 18.9 Å². The Labute approximate surface area is 142 Å². The number of hydrogen-bond donors (Lipinski definition) is 1. The molecule has 4 rings (SSSR count). The third-order valence-corrected chi connectivity index (χ3v) is 5.03. The van der Waals surface area contributed by atoms with Gasteiger partial charge in [0.2, 0.25) is 0 Å². The minimum Gasteiger partial charge on any atom is -0.368 e. The summed E-state index contributed by atoms with van der Waals surface area (Å²) in [5.74, 6) is 0. The molecule has 0 bridgehead atoms.